The van der Waals surface area contributed by atoms with E-state index in [1.54, 1.807) is 120 Å². The van der Waals surface area contributed by atoms with E-state index in [1.165, 1.54) is 93.8 Å². The van der Waals surface area contributed by atoms with Crippen molar-refractivity contribution in [2.75, 3.05) is 89.4 Å². The number of phenols is 1. The molecule has 2 aromatic heterocycles. The van der Waals surface area contributed by atoms with Crippen LogP contribution in [0.3, 0.4) is 0 Å². The van der Waals surface area contributed by atoms with Crippen LogP contribution < -0.4 is 53.0 Å². The minimum absolute atomic E-state index is 0.0145. The summed E-state index contributed by atoms with van der Waals surface area (Å²) in [5, 5.41) is 61.2. The number of benzene rings is 4. The SMILES string of the molecule is CSCC[C@@H](NC(=O)[C@@H](Cc1ccc(O)cc1)NC(=O)[C@@H](CC(=O)O)NC(=O)CCOCCOCCN(CCN(C)C(=O)CC(C)(C)C1=C(C)C(=O)C(C)=C(C)C1=O)C(=O)Oc1ccc2nc(C3=NC(C(=O)O)CS3)sc2c1)C(=O)NCC(=O)N[C@H](Cc1c[nH]c2ccccc12)C(=O)N[C@H](CCSC)C(=O)N[C@H](CC(=O)O)C(=O)N[C@H](Cc1ccccc1)C(N)=O. The van der Waals surface area contributed by atoms with Gasteiger partial charge >= 0.3 is 24.0 Å². The average Bonchev–Trinajstić information content (AvgIpc) is 1.11. The summed E-state index contributed by atoms with van der Waals surface area (Å²) in [5.74, 6) is -13.0. The molecular formula is C85H104N14O23S4. The standard InChI is InChI=1S/C85H104N14O23S4/c1-46-47(2)73(109)71(48(3)72(46)108)85(4,5)42-68(103)98(6)27-28-99(84(119)122-53-22-23-56-65(39-53)126-82(96-56)81-97-64(45-125-81)83(117)118)29-31-121-33-32-120-30-24-66(101)89-62(40-69(104)105)79(115)94-60(37-50-18-20-52(100)21-19-50)77(113)91-57(25-34-123-7)75(111)88-44-67(102)90-61(38-51-43-87-55-17-13-12-16-54(51)55)78(114)92-58(26-35-124-8)76(112)95-63(41-70(106)107)80(116)93-59(74(86)110)36-49-14-10-9-11-15-49/h9-23,39,43,57-64,87,100H,24-38,40-42,44-45H2,1-8H3,(H2,86,110)(H,88,111)(H,89,101)(H,90,102)(H,91,113)(H,92,114)(H,93,116)(H,94,115)(H,95,112)(H,104,105)(H,106,107)(H,117,118)/t57-,58-,59-,60-,61-,62-,63-,64?/m1/s1. The molecule has 676 valence electrons. The maximum Gasteiger partial charge on any atom is 0.415 e. The molecule has 0 saturated carbocycles. The Hall–Kier alpha value is -12.1. The van der Waals surface area contributed by atoms with Gasteiger partial charge in [0.1, 0.15) is 63.8 Å². The molecular weight excluding hydrogens is 1710 g/mol. The van der Waals surface area contributed by atoms with E-state index >= 15 is 0 Å². The smallest absolute Gasteiger partial charge is 0.415 e. The third-order valence-electron chi connectivity index (χ3n) is 20.5. The highest BCUT2D eigenvalue weighted by Crippen LogP contribution is 2.40. The Kier molecular flexibility index (Phi) is 37.8. The van der Waals surface area contributed by atoms with Crippen molar-refractivity contribution in [2.45, 2.75) is 141 Å². The van der Waals surface area contributed by atoms with Crippen molar-refractivity contribution in [3.63, 3.8) is 0 Å². The summed E-state index contributed by atoms with van der Waals surface area (Å²) in [6, 6.07) is 14.1. The molecule has 37 nitrogen and oxygen atoms in total. The number of para-hydroxylation sites is 1. The number of amides is 11. The second-order valence-electron chi connectivity index (χ2n) is 30.4. The van der Waals surface area contributed by atoms with Crippen LogP contribution in [0.25, 0.3) is 21.1 Å². The van der Waals surface area contributed by atoms with E-state index in [-0.39, 0.29) is 142 Å². The van der Waals surface area contributed by atoms with E-state index < -0.39 is 157 Å². The molecule has 1 aliphatic heterocycles. The molecule has 8 atom stereocenters. The molecule has 1 unspecified atom stereocenters. The highest BCUT2D eigenvalue weighted by molar-refractivity contribution is 8.15. The third-order valence-corrected chi connectivity index (χ3v) is 24.0. The summed E-state index contributed by atoms with van der Waals surface area (Å²) in [5.41, 5.74) is 8.47. The summed E-state index contributed by atoms with van der Waals surface area (Å²) < 4.78 is 18.0. The highest BCUT2D eigenvalue weighted by atomic mass is 32.2. The number of carboxylic acids is 3. The first-order chi connectivity index (χ1) is 59.9. The number of aromatic nitrogens is 2. The quantitative estimate of drug-likeness (QED) is 0.0192. The number of carbonyl (C=O) groups excluding carboxylic acids is 13. The van der Waals surface area contributed by atoms with Crippen LogP contribution in [0.2, 0.25) is 0 Å². The number of primary amides is 1. The van der Waals surface area contributed by atoms with Gasteiger partial charge in [0.25, 0.3) is 0 Å². The number of nitrogens with one attached hydrogen (secondary N) is 9. The number of thiazole rings is 1. The third kappa shape index (κ3) is 29.6. The van der Waals surface area contributed by atoms with Crippen LogP contribution in [0.1, 0.15) is 94.8 Å². The van der Waals surface area contributed by atoms with Gasteiger partial charge in [-0.3, -0.25) is 72.1 Å². The molecule has 11 amide bonds. The molecule has 41 heteroatoms. The van der Waals surface area contributed by atoms with Gasteiger partial charge in [0, 0.05) is 115 Å². The van der Waals surface area contributed by atoms with Crippen LogP contribution in [0.15, 0.2) is 131 Å². The van der Waals surface area contributed by atoms with Crippen LogP contribution in [0, 0.1) is 5.41 Å². The van der Waals surface area contributed by atoms with Crippen molar-refractivity contribution in [2.24, 2.45) is 16.1 Å². The summed E-state index contributed by atoms with van der Waals surface area (Å²) in [6.07, 6.45) is 1.03. The minimum atomic E-state index is -1.80. The minimum Gasteiger partial charge on any atom is -0.508 e. The number of H-pyrrole nitrogens is 1. The number of hydrogen-bond donors (Lipinski definition) is 14. The average molecular weight is 1820 g/mol. The zero-order chi connectivity index (χ0) is 92.1. The number of rotatable bonds is 50. The molecule has 8 rings (SSSR count). The molecule has 15 N–H and O–H groups in total. The number of ketones is 2. The second-order valence-corrected chi connectivity index (χ2v) is 34.4. The van der Waals surface area contributed by atoms with Crippen LogP contribution in [-0.2, 0) is 101 Å². The van der Waals surface area contributed by atoms with Crippen molar-refractivity contribution in [3.05, 3.63) is 147 Å². The van der Waals surface area contributed by atoms with Crippen LogP contribution in [-0.4, -0.2) is 278 Å². The van der Waals surface area contributed by atoms with E-state index in [0.29, 0.717) is 59.0 Å². The van der Waals surface area contributed by atoms with E-state index in [0.717, 1.165) is 0 Å². The topological polar surface area (TPSA) is 552 Å². The number of aliphatic carboxylic acids is 3. The Morgan fingerprint density at radius 2 is 1.16 bits per heavy atom. The Balaban J connectivity index is 0.874. The van der Waals surface area contributed by atoms with Gasteiger partial charge in [-0.2, -0.15) is 23.5 Å². The van der Waals surface area contributed by atoms with Crippen LogP contribution in [0.5, 0.6) is 11.5 Å². The number of hydrogen-bond acceptors (Lipinski definition) is 26. The van der Waals surface area contributed by atoms with Crippen molar-refractivity contribution < 1.29 is 111 Å². The summed E-state index contributed by atoms with van der Waals surface area (Å²) in [6.45, 7) is 6.60. The molecule has 0 saturated heterocycles. The van der Waals surface area contributed by atoms with Crippen molar-refractivity contribution >= 4 is 167 Å². The van der Waals surface area contributed by atoms with Gasteiger partial charge in [0.2, 0.25) is 59.1 Å². The number of carboxylic acid groups (broad SMARTS) is 3. The predicted octanol–water partition coefficient (Wildman–Crippen LogP) is 3.51. The number of aromatic hydroxyl groups is 1. The van der Waals surface area contributed by atoms with Crippen molar-refractivity contribution in [3.8, 4) is 11.5 Å². The Bertz CT molecular complexity index is 5110. The van der Waals surface area contributed by atoms with Gasteiger partial charge in [-0.05, 0) is 105 Å². The molecule has 6 aromatic rings. The lowest BCUT2D eigenvalue weighted by Crippen LogP contribution is -2.59. The first-order valence-corrected chi connectivity index (χ1v) is 44.7. The van der Waals surface area contributed by atoms with Gasteiger partial charge < -0.3 is 97.7 Å². The summed E-state index contributed by atoms with van der Waals surface area (Å²) in [4.78, 5) is 231. The Labute approximate surface area is 741 Å². The van der Waals surface area contributed by atoms with Gasteiger partial charge in [0.15, 0.2) is 17.6 Å². The number of nitrogens with two attached hydrogens (primary N) is 1. The maximum absolute atomic E-state index is 14.6. The largest absolute Gasteiger partial charge is 0.508 e. The van der Waals surface area contributed by atoms with Gasteiger partial charge in [-0.15, -0.1) is 23.1 Å². The zero-order valence-corrected chi connectivity index (χ0v) is 73.9. The number of phenolic OH excluding ortho intramolecular Hbond substituents is 1. The molecule has 3 heterocycles. The van der Waals surface area contributed by atoms with Gasteiger partial charge in [-0.1, -0.05) is 74.5 Å². The number of ether oxygens (including phenoxy) is 3. The Morgan fingerprint density at radius 1 is 0.611 bits per heavy atom. The summed E-state index contributed by atoms with van der Waals surface area (Å²) >= 11 is 5.08. The fourth-order valence-corrected chi connectivity index (χ4v) is 16.6. The number of Topliss-reactive ketones (excluding diaryl/α,β-unsaturated/α-hetero) is 2. The first kappa shape index (κ1) is 99.4. The number of fused-ring (bicyclic) bond motifs is 2. The zero-order valence-electron chi connectivity index (χ0n) is 70.6. The number of thioether (sulfide) groups is 3. The molecule has 0 fully saturated rings. The molecule has 0 bridgehead atoms. The van der Waals surface area contributed by atoms with E-state index in [2.05, 4.69) is 57.5 Å². The predicted molar refractivity (Wildman–Crippen MR) is 471 cm³/mol. The number of carbonyl (C=O) groups is 16. The van der Waals surface area contributed by atoms with Crippen LogP contribution >= 0.6 is 46.6 Å². The maximum atomic E-state index is 14.6. The molecule has 1 aliphatic carbocycles. The number of likely N-dealkylation sites (N-methyl/N-ethyl adjacent to an activating group) is 1. The lowest BCUT2D eigenvalue weighted by molar-refractivity contribution is -0.142. The fourth-order valence-electron chi connectivity index (χ4n) is 13.5. The first-order valence-electron chi connectivity index (χ1n) is 40.1. The van der Waals surface area contributed by atoms with Gasteiger partial charge in [-0.25, -0.2) is 14.6 Å². The highest BCUT2D eigenvalue weighted by Gasteiger charge is 2.41. The number of aromatic amines is 1. The number of aliphatic imine (C=N–C) groups is 1. The molecule has 2 aliphatic rings. The molecule has 4 aromatic carbocycles. The van der Waals surface area contributed by atoms with E-state index in [1.807, 2.05) is 0 Å². The lowest BCUT2D eigenvalue weighted by Gasteiger charge is -2.33. The summed E-state index contributed by atoms with van der Waals surface area (Å²) in [7, 11) is 1.53. The monoisotopic (exact) mass is 1820 g/mol. The van der Waals surface area contributed by atoms with Crippen molar-refractivity contribution in [1.29, 1.82) is 0 Å². The van der Waals surface area contributed by atoms with E-state index in [4.69, 9.17) is 19.9 Å². The molecule has 0 radical (unpaired) electrons. The molecule has 126 heavy (non-hydrogen) atoms. The van der Waals surface area contributed by atoms with E-state index in [9.17, 15) is 97.1 Å². The van der Waals surface area contributed by atoms with Gasteiger partial charge in [0.05, 0.1) is 56.0 Å². The normalized spacial score (nSPS) is 15.0. The molecule has 0 spiro atoms. The van der Waals surface area contributed by atoms with Crippen LogP contribution in [0.4, 0.5) is 4.79 Å². The fraction of sp³-hybridized carbons (Fsp3) is 0.435. The number of nitrogens with zero attached hydrogens (tertiary/aromatic N) is 4. The van der Waals surface area contributed by atoms with Crippen molar-refractivity contribution in [1.82, 2.24) is 62.3 Å². The lowest BCUT2D eigenvalue weighted by atomic mass is 9.71. The second kappa shape index (κ2) is 47.9. The Morgan fingerprint density at radius 3 is 1.79 bits per heavy atom. The number of allylic oxidation sites excluding steroid dienone is 4.